The van der Waals surface area contributed by atoms with Gasteiger partial charge in [-0.25, -0.2) is 13.6 Å². The van der Waals surface area contributed by atoms with Gasteiger partial charge in [-0.3, -0.25) is 4.79 Å². The molecule has 1 saturated heterocycles. The summed E-state index contributed by atoms with van der Waals surface area (Å²) in [4.78, 5) is 24.8. The van der Waals surface area contributed by atoms with Gasteiger partial charge in [-0.05, 0) is 44.5 Å². The van der Waals surface area contributed by atoms with Crippen molar-refractivity contribution in [2.75, 3.05) is 13.1 Å². The van der Waals surface area contributed by atoms with Crippen molar-refractivity contribution >= 4 is 12.1 Å². The van der Waals surface area contributed by atoms with Crippen molar-refractivity contribution < 1.29 is 28.2 Å². The average molecular weight is 327 g/mol. The summed E-state index contributed by atoms with van der Waals surface area (Å²) in [6.07, 6.45) is -0.664. The van der Waals surface area contributed by atoms with Crippen LogP contribution in [0.5, 0.6) is 0 Å². The number of carboxylic acids is 1. The molecule has 1 fully saturated rings. The third-order valence-electron chi connectivity index (χ3n) is 3.65. The van der Waals surface area contributed by atoms with E-state index in [1.165, 1.54) is 4.90 Å². The van der Waals surface area contributed by atoms with E-state index in [0.717, 1.165) is 18.2 Å². The second-order valence-corrected chi connectivity index (χ2v) is 6.60. The van der Waals surface area contributed by atoms with Crippen LogP contribution in [0.3, 0.4) is 0 Å². The molecule has 23 heavy (non-hydrogen) atoms. The quantitative estimate of drug-likeness (QED) is 0.907. The zero-order valence-electron chi connectivity index (χ0n) is 13.2. The van der Waals surface area contributed by atoms with E-state index in [2.05, 4.69) is 0 Å². The normalized spacial score (nSPS) is 21.3. The number of carboxylic acid groups (broad SMARTS) is 1. The fraction of sp³-hybridized carbons (Fsp3) is 0.500. The largest absolute Gasteiger partial charge is 0.481 e. The molecule has 0 radical (unpaired) electrons. The lowest BCUT2D eigenvalue weighted by atomic mass is 9.88. The van der Waals surface area contributed by atoms with Crippen LogP contribution in [0.4, 0.5) is 13.6 Å². The standard InChI is InChI=1S/C16H19F2NO4/c1-16(2,3)23-15(22)19-7-11(12(8-19)14(20)21)10-6-9(17)4-5-13(10)18/h4-6,11-12H,7-8H2,1-3H3,(H,20,21)/t11-,12+/m1/s1. The molecule has 1 N–H and O–H groups in total. The number of hydrogen-bond acceptors (Lipinski definition) is 3. The first-order chi connectivity index (χ1) is 10.6. The molecule has 0 unspecified atom stereocenters. The Morgan fingerprint density at radius 2 is 1.91 bits per heavy atom. The van der Waals surface area contributed by atoms with E-state index >= 15 is 0 Å². The van der Waals surface area contributed by atoms with Gasteiger partial charge in [0.15, 0.2) is 0 Å². The summed E-state index contributed by atoms with van der Waals surface area (Å²) in [5.41, 5.74) is -0.763. The minimum absolute atomic E-state index is 0.0355. The van der Waals surface area contributed by atoms with Gasteiger partial charge in [0, 0.05) is 19.0 Å². The third-order valence-corrected chi connectivity index (χ3v) is 3.65. The van der Waals surface area contributed by atoms with Crippen LogP contribution in [0, 0.1) is 17.6 Å². The molecule has 1 aliphatic heterocycles. The molecule has 126 valence electrons. The number of nitrogens with zero attached hydrogens (tertiary/aromatic N) is 1. The number of halogens is 2. The molecule has 7 heteroatoms. The minimum Gasteiger partial charge on any atom is -0.481 e. The Hall–Kier alpha value is -2.18. The van der Waals surface area contributed by atoms with Crippen LogP contribution < -0.4 is 0 Å². The maximum absolute atomic E-state index is 14.0. The highest BCUT2D eigenvalue weighted by Gasteiger charge is 2.42. The molecule has 1 aromatic carbocycles. The fourth-order valence-electron chi connectivity index (χ4n) is 2.64. The molecule has 5 nitrogen and oxygen atoms in total. The van der Waals surface area contributed by atoms with Crippen LogP contribution in [-0.4, -0.2) is 40.8 Å². The van der Waals surface area contributed by atoms with Gasteiger partial charge in [0.05, 0.1) is 5.92 Å². The molecule has 2 atom stereocenters. The predicted molar refractivity (Wildman–Crippen MR) is 78.0 cm³/mol. The van der Waals surface area contributed by atoms with Crippen molar-refractivity contribution in [2.24, 2.45) is 5.92 Å². The molecule has 0 bridgehead atoms. The van der Waals surface area contributed by atoms with Crippen molar-refractivity contribution in [3.05, 3.63) is 35.4 Å². The Labute approximate surface area is 132 Å². The lowest BCUT2D eigenvalue weighted by Crippen LogP contribution is -2.35. The number of rotatable bonds is 2. The van der Waals surface area contributed by atoms with Crippen molar-refractivity contribution in [1.29, 1.82) is 0 Å². The number of carbonyl (C=O) groups excluding carboxylic acids is 1. The lowest BCUT2D eigenvalue weighted by molar-refractivity contribution is -0.141. The first kappa shape index (κ1) is 17.2. The summed E-state index contributed by atoms with van der Waals surface area (Å²) in [6, 6.07) is 2.91. The molecule has 1 heterocycles. The number of amides is 1. The monoisotopic (exact) mass is 327 g/mol. The first-order valence-corrected chi connectivity index (χ1v) is 7.24. The number of ether oxygens (including phenoxy) is 1. The first-order valence-electron chi connectivity index (χ1n) is 7.24. The summed E-state index contributed by atoms with van der Waals surface area (Å²) in [5.74, 6) is -4.34. The number of hydrogen-bond donors (Lipinski definition) is 1. The van der Waals surface area contributed by atoms with Gasteiger partial charge in [-0.2, -0.15) is 0 Å². The number of carbonyl (C=O) groups is 2. The number of benzene rings is 1. The van der Waals surface area contributed by atoms with E-state index in [1.807, 2.05) is 0 Å². The Bertz CT molecular complexity index is 627. The van der Waals surface area contributed by atoms with Gasteiger partial charge in [0.25, 0.3) is 0 Å². The van der Waals surface area contributed by atoms with Crippen LogP contribution in [0.2, 0.25) is 0 Å². The van der Waals surface area contributed by atoms with E-state index in [0.29, 0.717) is 0 Å². The van der Waals surface area contributed by atoms with E-state index in [4.69, 9.17) is 4.74 Å². The Morgan fingerprint density at radius 3 is 2.48 bits per heavy atom. The average Bonchev–Trinajstić information content (AvgIpc) is 2.85. The Balaban J connectivity index is 2.27. The summed E-state index contributed by atoms with van der Waals surface area (Å²) in [7, 11) is 0. The fourth-order valence-corrected chi connectivity index (χ4v) is 2.64. The van der Waals surface area contributed by atoms with Gasteiger partial charge >= 0.3 is 12.1 Å². The van der Waals surface area contributed by atoms with Gasteiger partial charge in [0.1, 0.15) is 17.2 Å². The zero-order chi connectivity index (χ0) is 17.4. The van der Waals surface area contributed by atoms with E-state index in [9.17, 15) is 23.5 Å². The van der Waals surface area contributed by atoms with Crippen molar-refractivity contribution in [1.82, 2.24) is 4.90 Å². The maximum Gasteiger partial charge on any atom is 0.410 e. The molecule has 0 aromatic heterocycles. The molecule has 0 saturated carbocycles. The minimum atomic E-state index is -1.16. The van der Waals surface area contributed by atoms with Crippen LogP contribution in [0.25, 0.3) is 0 Å². The SMILES string of the molecule is CC(C)(C)OC(=O)N1C[C@H](C(=O)O)[C@@H](c2cc(F)ccc2F)C1. The molecule has 2 rings (SSSR count). The second-order valence-electron chi connectivity index (χ2n) is 6.60. The third kappa shape index (κ3) is 3.97. The van der Waals surface area contributed by atoms with Crippen LogP contribution in [0.1, 0.15) is 32.3 Å². The molecular formula is C16H19F2NO4. The van der Waals surface area contributed by atoms with Gasteiger partial charge < -0.3 is 14.7 Å². The van der Waals surface area contributed by atoms with Gasteiger partial charge in [-0.1, -0.05) is 0 Å². The summed E-state index contributed by atoms with van der Waals surface area (Å²) in [6.45, 7) is 4.94. The highest BCUT2D eigenvalue weighted by atomic mass is 19.1. The topological polar surface area (TPSA) is 66.8 Å². The zero-order valence-corrected chi connectivity index (χ0v) is 13.2. The second kappa shape index (κ2) is 6.14. The Morgan fingerprint density at radius 1 is 1.26 bits per heavy atom. The van der Waals surface area contributed by atoms with E-state index in [-0.39, 0.29) is 18.7 Å². The van der Waals surface area contributed by atoms with Crippen LogP contribution in [-0.2, 0) is 9.53 Å². The molecule has 1 aliphatic rings. The summed E-state index contributed by atoms with van der Waals surface area (Å²) >= 11 is 0. The molecular weight excluding hydrogens is 308 g/mol. The smallest absolute Gasteiger partial charge is 0.410 e. The molecule has 0 aliphatic carbocycles. The summed E-state index contributed by atoms with van der Waals surface area (Å²) < 4.78 is 32.6. The highest BCUT2D eigenvalue weighted by molar-refractivity contribution is 5.76. The van der Waals surface area contributed by atoms with Crippen molar-refractivity contribution in [2.45, 2.75) is 32.3 Å². The molecule has 1 amide bonds. The highest BCUT2D eigenvalue weighted by Crippen LogP contribution is 2.35. The number of aliphatic carboxylic acids is 1. The maximum atomic E-state index is 14.0. The van der Waals surface area contributed by atoms with Crippen molar-refractivity contribution in [3.8, 4) is 0 Å². The molecule has 0 spiro atoms. The van der Waals surface area contributed by atoms with Crippen LogP contribution >= 0.6 is 0 Å². The van der Waals surface area contributed by atoms with E-state index in [1.54, 1.807) is 20.8 Å². The van der Waals surface area contributed by atoms with E-state index < -0.39 is 41.1 Å². The van der Waals surface area contributed by atoms with Crippen molar-refractivity contribution in [3.63, 3.8) is 0 Å². The Kier molecular flexibility index (Phi) is 4.58. The van der Waals surface area contributed by atoms with Gasteiger partial charge in [0.2, 0.25) is 0 Å². The predicted octanol–water partition coefficient (Wildman–Crippen LogP) is 3.00. The van der Waals surface area contributed by atoms with Crippen LogP contribution in [0.15, 0.2) is 18.2 Å². The number of likely N-dealkylation sites (tertiary alicyclic amines) is 1. The molecule has 1 aromatic rings. The summed E-state index contributed by atoms with van der Waals surface area (Å²) in [5, 5.41) is 9.34. The lowest BCUT2D eigenvalue weighted by Gasteiger charge is -2.24. The van der Waals surface area contributed by atoms with Gasteiger partial charge in [-0.15, -0.1) is 0 Å².